The van der Waals surface area contributed by atoms with E-state index in [1.165, 1.54) is 0 Å². The fourth-order valence-corrected chi connectivity index (χ4v) is 1.44. The molecule has 1 rings (SSSR count). The van der Waals surface area contributed by atoms with Crippen LogP contribution in [0.15, 0.2) is 24.3 Å². The van der Waals surface area contributed by atoms with Gasteiger partial charge in [0.05, 0.1) is 5.56 Å². The van der Waals surface area contributed by atoms with Gasteiger partial charge >= 0.3 is 12.4 Å². The highest BCUT2D eigenvalue weighted by atomic mass is 19.4. The van der Waals surface area contributed by atoms with Crippen molar-refractivity contribution >= 4 is 0 Å². The first-order valence-corrected chi connectivity index (χ1v) is 4.96. The van der Waals surface area contributed by atoms with Crippen molar-refractivity contribution in [2.24, 2.45) is 0 Å². The van der Waals surface area contributed by atoms with Crippen LogP contribution in [0, 0.1) is 0 Å². The zero-order chi connectivity index (χ0) is 14.2. The number of halogens is 6. The third-order valence-electron chi connectivity index (χ3n) is 2.86. The van der Waals surface area contributed by atoms with Crippen molar-refractivity contribution in [1.29, 1.82) is 0 Å². The van der Waals surface area contributed by atoms with Crippen LogP contribution >= 0.6 is 0 Å². The summed E-state index contributed by atoms with van der Waals surface area (Å²) >= 11 is 0. The van der Waals surface area contributed by atoms with E-state index in [1.54, 1.807) is 0 Å². The second-order valence-corrected chi connectivity index (χ2v) is 3.95. The smallest absolute Gasteiger partial charge is 0.303 e. The van der Waals surface area contributed by atoms with Crippen molar-refractivity contribution in [2.75, 3.05) is 7.05 Å². The van der Waals surface area contributed by atoms with Gasteiger partial charge in [-0.25, -0.2) is 0 Å². The zero-order valence-electron chi connectivity index (χ0n) is 9.58. The van der Waals surface area contributed by atoms with Crippen molar-refractivity contribution in [3.05, 3.63) is 35.4 Å². The summed E-state index contributed by atoms with van der Waals surface area (Å²) in [4.78, 5) is 0. The van der Waals surface area contributed by atoms with E-state index in [0.717, 1.165) is 26.1 Å². The molecule has 18 heavy (non-hydrogen) atoms. The maximum absolute atomic E-state index is 12.8. The molecule has 0 aliphatic carbocycles. The molecule has 0 bridgehead atoms. The summed E-state index contributed by atoms with van der Waals surface area (Å²) < 4.78 is 75.4. The molecular weight excluding hydrogens is 260 g/mol. The van der Waals surface area contributed by atoms with Crippen LogP contribution in [0.25, 0.3) is 0 Å². The van der Waals surface area contributed by atoms with E-state index in [4.69, 9.17) is 0 Å². The van der Waals surface area contributed by atoms with Crippen LogP contribution < -0.4 is 5.32 Å². The van der Waals surface area contributed by atoms with Crippen LogP contribution in [0.2, 0.25) is 0 Å². The molecule has 1 aromatic rings. The molecule has 1 N–H and O–H groups in total. The number of hydrogen-bond acceptors (Lipinski definition) is 1. The van der Waals surface area contributed by atoms with Gasteiger partial charge in [-0.05, 0) is 31.7 Å². The van der Waals surface area contributed by atoms with Crippen LogP contribution in [0.5, 0.6) is 0 Å². The fraction of sp³-hybridized carbons (Fsp3) is 0.455. The average molecular weight is 271 g/mol. The SMILES string of the molecule is CNC(C)(c1ccc(C(F)(F)F)cc1)C(F)(F)F. The van der Waals surface area contributed by atoms with Crippen LogP contribution in [0.1, 0.15) is 18.1 Å². The van der Waals surface area contributed by atoms with Gasteiger partial charge in [-0.3, -0.25) is 0 Å². The van der Waals surface area contributed by atoms with Gasteiger partial charge in [0.15, 0.2) is 0 Å². The average Bonchev–Trinajstić information content (AvgIpc) is 2.25. The minimum atomic E-state index is -4.61. The molecular formula is C11H11F6N. The van der Waals surface area contributed by atoms with E-state index in [2.05, 4.69) is 5.32 Å². The normalized spacial score (nSPS) is 16.4. The standard InChI is InChI=1S/C11H11F6N/c1-9(18-2,11(15,16)17)7-3-5-8(6-4-7)10(12,13)14/h3-6,18H,1-2H3. The molecule has 0 saturated heterocycles. The summed E-state index contributed by atoms with van der Waals surface area (Å²) in [5.74, 6) is 0. The van der Waals surface area contributed by atoms with E-state index in [9.17, 15) is 26.3 Å². The molecule has 0 heterocycles. The Balaban J connectivity index is 3.19. The first-order valence-electron chi connectivity index (χ1n) is 4.96. The Bertz CT molecular complexity index is 405. The van der Waals surface area contributed by atoms with E-state index in [1.807, 2.05) is 0 Å². The third kappa shape index (κ3) is 2.60. The van der Waals surface area contributed by atoms with Gasteiger partial charge in [-0.15, -0.1) is 0 Å². The molecule has 0 spiro atoms. The molecule has 0 amide bonds. The van der Waals surface area contributed by atoms with Gasteiger partial charge < -0.3 is 5.32 Å². The van der Waals surface area contributed by atoms with Crippen molar-refractivity contribution in [3.8, 4) is 0 Å². The minimum absolute atomic E-state index is 0.273. The first-order chi connectivity index (χ1) is 8.02. The summed E-state index contributed by atoms with van der Waals surface area (Å²) in [6, 6.07) is 2.92. The molecule has 1 nitrogen and oxygen atoms in total. The predicted octanol–water partition coefficient (Wildman–Crippen LogP) is 3.70. The van der Waals surface area contributed by atoms with E-state index in [0.29, 0.717) is 12.1 Å². The largest absolute Gasteiger partial charge is 0.416 e. The Labute approximate surface area is 99.8 Å². The Morgan fingerprint density at radius 3 is 1.50 bits per heavy atom. The van der Waals surface area contributed by atoms with Crippen LogP contribution in [0.4, 0.5) is 26.3 Å². The molecule has 102 valence electrons. The molecule has 1 unspecified atom stereocenters. The Morgan fingerprint density at radius 2 is 1.22 bits per heavy atom. The maximum Gasteiger partial charge on any atom is 0.416 e. The molecule has 1 atom stereocenters. The highest BCUT2D eigenvalue weighted by Gasteiger charge is 2.51. The summed E-state index contributed by atoms with van der Waals surface area (Å²) in [7, 11) is 1.10. The van der Waals surface area contributed by atoms with Crippen molar-refractivity contribution in [3.63, 3.8) is 0 Å². The van der Waals surface area contributed by atoms with Crippen LogP contribution in [-0.4, -0.2) is 13.2 Å². The topological polar surface area (TPSA) is 12.0 Å². The lowest BCUT2D eigenvalue weighted by molar-refractivity contribution is -0.193. The molecule has 0 saturated carbocycles. The van der Waals surface area contributed by atoms with Crippen LogP contribution in [-0.2, 0) is 11.7 Å². The van der Waals surface area contributed by atoms with Gasteiger partial charge in [0.2, 0.25) is 0 Å². The van der Waals surface area contributed by atoms with Gasteiger partial charge in [0, 0.05) is 0 Å². The van der Waals surface area contributed by atoms with Gasteiger partial charge in [-0.2, -0.15) is 26.3 Å². The monoisotopic (exact) mass is 271 g/mol. The fourth-order valence-electron chi connectivity index (χ4n) is 1.44. The Kier molecular flexibility index (Phi) is 3.67. The number of hydrogen-bond donors (Lipinski definition) is 1. The summed E-state index contributed by atoms with van der Waals surface area (Å²) in [6.07, 6.45) is -9.17. The maximum atomic E-state index is 12.8. The van der Waals surface area contributed by atoms with Crippen molar-refractivity contribution in [1.82, 2.24) is 5.32 Å². The molecule has 0 aromatic heterocycles. The van der Waals surface area contributed by atoms with E-state index in [-0.39, 0.29) is 5.56 Å². The van der Waals surface area contributed by atoms with Gasteiger partial charge in [0.25, 0.3) is 0 Å². The highest BCUT2D eigenvalue weighted by Crippen LogP contribution is 2.39. The second kappa shape index (κ2) is 4.46. The number of nitrogens with one attached hydrogen (secondary N) is 1. The summed E-state index contributed by atoms with van der Waals surface area (Å²) in [5, 5.41) is 2.09. The molecule has 1 aromatic carbocycles. The number of rotatable bonds is 2. The molecule has 0 fully saturated rings. The lowest BCUT2D eigenvalue weighted by Crippen LogP contribution is -2.49. The first kappa shape index (κ1) is 14.8. The lowest BCUT2D eigenvalue weighted by Gasteiger charge is -2.32. The summed E-state index contributed by atoms with van der Waals surface area (Å²) in [6.45, 7) is 0.871. The van der Waals surface area contributed by atoms with Gasteiger partial charge in [-0.1, -0.05) is 12.1 Å². The number of alkyl halides is 6. The second-order valence-electron chi connectivity index (χ2n) is 3.95. The Hall–Kier alpha value is -1.24. The number of benzene rings is 1. The molecule has 0 radical (unpaired) electrons. The molecule has 0 aliphatic heterocycles. The zero-order valence-corrected chi connectivity index (χ0v) is 9.58. The van der Waals surface area contributed by atoms with Gasteiger partial charge in [0.1, 0.15) is 5.54 Å². The van der Waals surface area contributed by atoms with Crippen molar-refractivity contribution < 1.29 is 26.3 Å². The third-order valence-corrected chi connectivity index (χ3v) is 2.86. The quantitative estimate of drug-likeness (QED) is 0.809. The minimum Gasteiger partial charge on any atom is -0.303 e. The van der Waals surface area contributed by atoms with Crippen LogP contribution in [0.3, 0.4) is 0 Å². The highest BCUT2D eigenvalue weighted by molar-refractivity contribution is 5.30. The molecule has 7 heteroatoms. The lowest BCUT2D eigenvalue weighted by atomic mass is 9.91. The van der Waals surface area contributed by atoms with E-state index < -0.39 is 23.5 Å². The Morgan fingerprint density at radius 1 is 0.833 bits per heavy atom. The van der Waals surface area contributed by atoms with E-state index >= 15 is 0 Å². The molecule has 0 aliphatic rings. The summed E-state index contributed by atoms with van der Waals surface area (Å²) in [5.41, 5.74) is -3.63. The predicted molar refractivity (Wildman–Crippen MR) is 53.9 cm³/mol. The van der Waals surface area contributed by atoms with Crippen molar-refractivity contribution in [2.45, 2.75) is 24.8 Å².